The molecule has 1 saturated heterocycles. The normalized spacial score (nSPS) is 29.0. The van der Waals surface area contributed by atoms with Gasteiger partial charge in [-0.1, -0.05) is 72.6 Å². The molecule has 15 nitrogen and oxygen atoms in total. The van der Waals surface area contributed by atoms with Crippen LogP contribution in [0.1, 0.15) is 105 Å². The molecular weight excluding hydrogens is 672 g/mol. The van der Waals surface area contributed by atoms with Gasteiger partial charge >= 0.3 is 0 Å². The molecule has 52 heavy (non-hydrogen) atoms. The molecule has 300 valence electrons. The summed E-state index contributed by atoms with van der Waals surface area (Å²) in [6, 6.07) is -4.88. The Labute approximate surface area is 310 Å². The summed E-state index contributed by atoms with van der Waals surface area (Å²) in [5, 5.41) is 30.1. The first kappa shape index (κ1) is 45.3. The van der Waals surface area contributed by atoms with E-state index in [1.807, 2.05) is 13.8 Å². The molecule has 0 aromatic carbocycles. The minimum Gasteiger partial charge on any atom is -0.394 e. The number of aliphatic hydroxyl groups is 2. The number of nitrogens with zero attached hydrogens (tertiary/aromatic N) is 1. The lowest BCUT2D eigenvalue weighted by Gasteiger charge is -2.36. The van der Waals surface area contributed by atoms with E-state index in [2.05, 4.69) is 28.2 Å². The van der Waals surface area contributed by atoms with Crippen LogP contribution in [0, 0.1) is 17.8 Å². The second kappa shape index (κ2) is 23.7. The number of hydrogen-bond acceptors (Lipinski definition) is 10. The molecule has 0 spiro atoms. The maximum Gasteiger partial charge on any atom is 0.245 e. The summed E-state index contributed by atoms with van der Waals surface area (Å²) in [6.07, 6.45) is 7.38. The van der Waals surface area contributed by atoms with E-state index in [1.165, 1.54) is 4.90 Å². The zero-order valence-electron chi connectivity index (χ0n) is 32.4. The zero-order valence-corrected chi connectivity index (χ0v) is 32.4. The van der Waals surface area contributed by atoms with Crippen LogP contribution >= 0.6 is 0 Å². The van der Waals surface area contributed by atoms with Crippen LogP contribution in [-0.4, -0.2) is 127 Å². The van der Waals surface area contributed by atoms with Crippen molar-refractivity contribution in [3.63, 3.8) is 0 Å². The highest BCUT2D eigenvalue weighted by molar-refractivity contribution is 5.96. The fourth-order valence-corrected chi connectivity index (χ4v) is 6.86. The Morgan fingerprint density at radius 2 is 1.56 bits per heavy atom. The summed E-state index contributed by atoms with van der Waals surface area (Å²) < 4.78 is 11.8. The van der Waals surface area contributed by atoms with Gasteiger partial charge in [0.2, 0.25) is 29.5 Å². The summed E-state index contributed by atoms with van der Waals surface area (Å²) in [5.41, 5.74) is 5.98. The number of aliphatic hydroxyl groups excluding tert-OH is 2. The lowest BCUT2D eigenvalue weighted by atomic mass is 9.83. The van der Waals surface area contributed by atoms with Crippen molar-refractivity contribution in [2.75, 3.05) is 40.0 Å². The molecule has 2 rings (SSSR count). The van der Waals surface area contributed by atoms with Crippen LogP contribution in [0.15, 0.2) is 0 Å². The Bertz CT molecular complexity index is 1120. The third-order valence-corrected chi connectivity index (χ3v) is 10.1. The number of nitrogens with two attached hydrogens (primary N) is 1. The van der Waals surface area contributed by atoms with E-state index in [1.54, 1.807) is 20.9 Å². The van der Waals surface area contributed by atoms with Crippen molar-refractivity contribution in [1.82, 2.24) is 26.2 Å². The quantitative estimate of drug-likeness (QED) is 0.124. The third-order valence-electron chi connectivity index (χ3n) is 10.1. The minimum absolute atomic E-state index is 0.0598. The zero-order chi connectivity index (χ0) is 38.8. The second-order valence-electron chi connectivity index (χ2n) is 15.1. The molecule has 15 heteroatoms. The number of amides is 5. The Hall–Kier alpha value is -2.85. The lowest BCUT2D eigenvalue weighted by molar-refractivity contribution is -0.147. The van der Waals surface area contributed by atoms with Crippen molar-refractivity contribution < 1.29 is 43.7 Å². The van der Waals surface area contributed by atoms with E-state index in [-0.39, 0.29) is 44.1 Å². The fourth-order valence-electron chi connectivity index (χ4n) is 6.86. The van der Waals surface area contributed by atoms with Crippen LogP contribution in [0.4, 0.5) is 0 Å². The van der Waals surface area contributed by atoms with Gasteiger partial charge in [0.25, 0.3) is 0 Å². The van der Waals surface area contributed by atoms with Crippen LogP contribution in [0.5, 0.6) is 0 Å². The Morgan fingerprint density at radius 1 is 0.904 bits per heavy atom. The van der Waals surface area contributed by atoms with Gasteiger partial charge in [-0.3, -0.25) is 24.0 Å². The number of unbranched alkanes of at least 4 members (excludes halogenated alkanes) is 3. The monoisotopic (exact) mass is 741 g/mol. The summed E-state index contributed by atoms with van der Waals surface area (Å²) in [4.78, 5) is 70.9. The van der Waals surface area contributed by atoms with Crippen molar-refractivity contribution in [1.29, 1.82) is 0 Å². The molecule has 8 atom stereocenters. The average molecular weight is 741 g/mol. The van der Waals surface area contributed by atoms with Crippen LogP contribution in [0.2, 0.25) is 0 Å². The summed E-state index contributed by atoms with van der Waals surface area (Å²) >= 11 is 0. The van der Waals surface area contributed by atoms with Gasteiger partial charge in [-0.25, -0.2) is 0 Å². The summed E-state index contributed by atoms with van der Waals surface area (Å²) in [5.74, 6) is -3.36. The summed E-state index contributed by atoms with van der Waals surface area (Å²) in [7, 11) is 1.62. The molecule has 0 radical (unpaired) electrons. The highest BCUT2D eigenvalue weighted by Gasteiger charge is 2.39. The van der Waals surface area contributed by atoms with Crippen molar-refractivity contribution >= 4 is 29.5 Å². The minimum atomic E-state index is -1.25. The van der Waals surface area contributed by atoms with Gasteiger partial charge in [0.15, 0.2) is 0 Å². The first-order valence-corrected chi connectivity index (χ1v) is 19.4. The van der Waals surface area contributed by atoms with Crippen LogP contribution in [0.25, 0.3) is 0 Å². The number of carbonyl (C=O) groups is 5. The predicted octanol–water partition coefficient (Wildman–Crippen LogP) is 0.733. The van der Waals surface area contributed by atoms with Gasteiger partial charge in [-0.15, -0.1) is 0 Å². The maximum atomic E-state index is 14.2. The first-order valence-electron chi connectivity index (χ1n) is 19.4. The van der Waals surface area contributed by atoms with E-state index in [9.17, 15) is 34.2 Å². The van der Waals surface area contributed by atoms with Gasteiger partial charge in [0, 0.05) is 19.6 Å². The van der Waals surface area contributed by atoms with Crippen molar-refractivity contribution in [2.45, 2.75) is 148 Å². The Balaban J connectivity index is 2.54. The number of ether oxygens (including phenoxy) is 2. The molecule has 0 bridgehead atoms. The average Bonchev–Trinajstić information content (AvgIpc) is 3.12. The molecule has 1 saturated carbocycles. The third kappa shape index (κ3) is 14.9. The van der Waals surface area contributed by atoms with E-state index < -0.39 is 78.6 Å². The fraction of sp³-hybridized carbons (Fsp3) is 0.865. The van der Waals surface area contributed by atoms with Crippen LogP contribution < -0.4 is 27.0 Å². The van der Waals surface area contributed by atoms with Gasteiger partial charge in [0.1, 0.15) is 30.3 Å². The van der Waals surface area contributed by atoms with E-state index in [0.717, 1.165) is 44.9 Å². The van der Waals surface area contributed by atoms with E-state index in [0.29, 0.717) is 25.7 Å². The van der Waals surface area contributed by atoms with Crippen LogP contribution in [-0.2, 0) is 33.4 Å². The Morgan fingerprint density at radius 3 is 2.17 bits per heavy atom. The van der Waals surface area contributed by atoms with Crippen LogP contribution in [0.3, 0.4) is 0 Å². The Kier molecular flexibility index (Phi) is 20.7. The standard InChI is InChI=1S/C37H68N6O9/c1-7-8-9-13-16-31-25(5)37(50)43(6)30(17-23(2)3)35(48)42-32(26-14-11-10-12-15-26)36(49)40-28(18-38)33(46)41-29(22-51-21-27(45)19-44)34(47)39-24(4)20-52-31/h23-32,44-45H,7-22,38H2,1-6H3,(H,39,47)(H,40,49)(H,41,46)(H,42,48)/t24-,25-,27-,28+,29+,30+,31-,32+/m1/s1. The van der Waals surface area contributed by atoms with Gasteiger partial charge < -0.3 is 51.6 Å². The molecular formula is C37H68N6O9. The van der Waals surface area contributed by atoms with Crippen molar-refractivity contribution in [2.24, 2.45) is 23.5 Å². The molecule has 2 aliphatic rings. The molecule has 0 aromatic heterocycles. The lowest BCUT2D eigenvalue weighted by Crippen LogP contribution is -2.62. The number of carbonyl (C=O) groups excluding carboxylic acids is 5. The smallest absolute Gasteiger partial charge is 0.245 e. The molecule has 1 aliphatic carbocycles. The number of likely N-dealkylation sites (N-methyl/N-ethyl adjacent to an activating group) is 1. The second-order valence-corrected chi connectivity index (χ2v) is 15.1. The number of rotatable bonds is 14. The molecule has 5 amide bonds. The van der Waals surface area contributed by atoms with Crippen molar-refractivity contribution in [3.05, 3.63) is 0 Å². The summed E-state index contributed by atoms with van der Waals surface area (Å²) in [6.45, 7) is 8.20. The predicted molar refractivity (Wildman–Crippen MR) is 197 cm³/mol. The number of hydrogen-bond donors (Lipinski definition) is 7. The molecule has 2 fully saturated rings. The molecule has 8 N–H and O–H groups in total. The number of nitrogens with one attached hydrogen (secondary N) is 4. The maximum absolute atomic E-state index is 14.2. The first-order chi connectivity index (χ1) is 24.7. The van der Waals surface area contributed by atoms with E-state index in [4.69, 9.17) is 15.2 Å². The van der Waals surface area contributed by atoms with E-state index >= 15 is 0 Å². The van der Waals surface area contributed by atoms with Gasteiger partial charge in [-0.05, 0) is 44.4 Å². The van der Waals surface area contributed by atoms with Crippen molar-refractivity contribution in [3.8, 4) is 0 Å². The molecule has 1 heterocycles. The largest absolute Gasteiger partial charge is 0.394 e. The SMILES string of the molecule is CCCCCC[C@H]1OC[C@@H](C)NC(=O)[C@H](COC[C@H](O)CO)NC(=O)[C@H](CN)NC(=O)[C@H](C2CCCCC2)NC(=O)[C@H](CC(C)C)N(C)C(=O)[C@@H]1C. The van der Waals surface area contributed by atoms with Gasteiger partial charge in [0.05, 0.1) is 38.4 Å². The highest BCUT2D eigenvalue weighted by Crippen LogP contribution is 2.28. The van der Waals surface area contributed by atoms with Gasteiger partial charge in [-0.2, -0.15) is 0 Å². The molecule has 0 unspecified atom stereocenters. The molecule has 1 aliphatic heterocycles. The highest BCUT2D eigenvalue weighted by atomic mass is 16.5. The topological polar surface area (TPSA) is 222 Å². The molecule has 0 aromatic rings.